The molecule has 0 unspecified atom stereocenters. The zero-order valence-corrected chi connectivity index (χ0v) is 20.1. The van der Waals surface area contributed by atoms with E-state index in [2.05, 4.69) is 41.1 Å². The van der Waals surface area contributed by atoms with E-state index < -0.39 is 0 Å². The third kappa shape index (κ3) is 4.93. The van der Waals surface area contributed by atoms with E-state index in [1.807, 2.05) is 60.1 Å². The fourth-order valence-electron chi connectivity index (χ4n) is 4.04. The number of nitrogens with zero attached hydrogens (tertiary/aromatic N) is 7. The molecule has 0 radical (unpaired) electrons. The van der Waals surface area contributed by atoms with Gasteiger partial charge in [0, 0.05) is 43.2 Å². The first-order valence-corrected chi connectivity index (χ1v) is 12.0. The van der Waals surface area contributed by atoms with Gasteiger partial charge in [0.05, 0.1) is 24.6 Å². The standard InChI is InChI=1S/C27H29N7O/c1-3-5-6-10-21(9-4-2)24-19-26-29-25(20-27(34(26)31-24)32-15-17-35-18-16-32)33-14-12-23(30-33)22-11-7-8-13-28-22/h4-14,19-20H,3,15-18H2,1-2H3/b6-5+,9-4-,21-10+. The van der Waals surface area contributed by atoms with E-state index in [9.17, 15) is 0 Å². The first-order chi connectivity index (χ1) is 17.3. The third-order valence-electron chi connectivity index (χ3n) is 5.77. The molecule has 0 saturated carbocycles. The third-order valence-corrected chi connectivity index (χ3v) is 5.77. The molecule has 4 aromatic rings. The van der Waals surface area contributed by atoms with Crippen molar-refractivity contribution in [2.45, 2.75) is 20.3 Å². The van der Waals surface area contributed by atoms with Crippen LogP contribution in [0.1, 0.15) is 26.0 Å². The molecule has 0 spiro atoms. The summed E-state index contributed by atoms with van der Waals surface area (Å²) in [4.78, 5) is 11.6. The van der Waals surface area contributed by atoms with E-state index in [0.717, 1.165) is 59.4 Å². The van der Waals surface area contributed by atoms with Gasteiger partial charge < -0.3 is 9.64 Å². The van der Waals surface area contributed by atoms with Gasteiger partial charge in [0.25, 0.3) is 0 Å². The average molecular weight is 468 g/mol. The van der Waals surface area contributed by atoms with Crippen LogP contribution in [0.25, 0.3) is 28.4 Å². The maximum atomic E-state index is 5.59. The van der Waals surface area contributed by atoms with Gasteiger partial charge in [0.1, 0.15) is 11.5 Å². The highest BCUT2D eigenvalue weighted by molar-refractivity contribution is 5.75. The molecule has 4 aromatic heterocycles. The van der Waals surface area contributed by atoms with Crippen molar-refractivity contribution in [2.24, 2.45) is 0 Å². The Bertz CT molecular complexity index is 1380. The molecule has 8 heteroatoms. The molecule has 0 N–H and O–H groups in total. The van der Waals surface area contributed by atoms with Crippen LogP contribution in [-0.4, -0.2) is 55.7 Å². The van der Waals surface area contributed by atoms with Gasteiger partial charge in [-0.15, -0.1) is 0 Å². The van der Waals surface area contributed by atoms with Crippen LogP contribution < -0.4 is 4.90 Å². The number of ether oxygens (including phenoxy) is 1. The number of rotatable bonds is 7. The lowest BCUT2D eigenvalue weighted by molar-refractivity contribution is 0.122. The van der Waals surface area contributed by atoms with Crippen molar-refractivity contribution in [3.8, 4) is 17.2 Å². The van der Waals surface area contributed by atoms with Crippen LogP contribution in [0.15, 0.2) is 79.2 Å². The number of hydrogen-bond acceptors (Lipinski definition) is 6. The predicted octanol–water partition coefficient (Wildman–Crippen LogP) is 4.74. The summed E-state index contributed by atoms with van der Waals surface area (Å²) < 4.78 is 9.32. The van der Waals surface area contributed by atoms with Crippen LogP contribution in [0.2, 0.25) is 0 Å². The Balaban J connectivity index is 1.61. The Morgan fingerprint density at radius 1 is 1.09 bits per heavy atom. The highest BCUT2D eigenvalue weighted by Crippen LogP contribution is 2.25. The number of allylic oxidation sites excluding steroid dienone is 6. The van der Waals surface area contributed by atoms with Crippen LogP contribution in [0, 0.1) is 0 Å². The number of morpholine rings is 1. The smallest absolute Gasteiger partial charge is 0.160 e. The first-order valence-electron chi connectivity index (χ1n) is 12.0. The van der Waals surface area contributed by atoms with Crippen molar-refractivity contribution in [1.29, 1.82) is 0 Å². The monoisotopic (exact) mass is 467 g/mol. The molecule has 1 aliphatic heterocycles. The predicted molar refractivity (Wildman–Crippen MR) is 139 cm³/mol. The number of anilines is 1. The summed E-state index contributed by atoms with van der Waals surface area (Å²) in [5, 5.41) is 9.70. The fourth-order valence-corrected chi connectivity index (χ4v) is 4.04. The van der Waals surface area contributed by atoms with Crippen molar-refractivity contribution in [2.75, 3.05) is 31.2 Å². The van der Waals surface area contributed by atoms with Gasteiger partial charge in [-0.1, -0.05) is 43.4 Å². The van der Waals surface area contributed by atoms with Crippen molar-refractivity contribution < 1.29 is 4.74 Å². The summed E-state index contributed by atoms with van der Waals surface area (Å²) in [5.74, 6) is 1.70. The van der Waals surface area contributed by atoms with Gasteiger partial charge in [-0.2, -0.15) is 14.7 Å². The lowest BCUT2D eigenvalue weighted by Crippen LogP contribution is -2.37. The second kappa shape index (κ2) is 10.5. The summed E-state index contributed by atoms with van der Waals surface area (Å²) in [6.07, 6.45) is 15.1. The molecule has 0 bridgehead atoms. The molecule has 0 aliphatic carbocycles. The largest absolute Gasteiger partial charge is 0.378 e. The summed E-state index contributed by atoms with van der Waals surface area (Å²) in [6.45, 7) is 7.10. The van der Waals surface area contributed by atoms with Crippen LogP contribution in [-0.2, 0) is 4.74 Å². The van der Waals surface area contributed by atoms with E-state index in [-0.39, 0.29) is 0 Å². The van der Waals surface area contributed by atoms with Crippen LogP contribution in [0.3, 0.4) is 0 Å². The molecule has 1 saturated heterocycles. The molecule has 35 heavy (non-hydrogen) atoms. The van der Waals surface area contributed by atoms with Crippen molar-refractivity contribution in [1.82, 2.24) is 29.4 Å². The van der Waals surface area contributed by atoms with Crippen molar-refractivity contribution >= 4 is 17.0 Å². The summed E-state index contributed by atoms with van der Waals surface area (Å²) in [7, 11) is 0. The minimum Gasteiger partial charge on any atom is -0.378 e. The molecule has 1 aliphatic rings. The van der Waals surface area contributed by atoms with Crippen molar-refractivity contribution in [3.05, 3.63) is 84.9 Å². The molecule has 1 fully saturated rings. The molecule has 5 rings (SSSR count). The minimum atomic E-state index is 0.685. The van der Waals surface area contributed by atoms with Crippen LogP contribution in [0.5, 0.6) is 0 Å². The number of pyridine rings is 1. The number of aromatic nitrogens is 6. The van der Waals surface area contributed by atoms with Gasteiger partial charge in [0.15, 0.2) is 11.5 Å². The normalized spacial score (nSPS) is 15.1. The highest BCUT2D eigenvalue weighted by atomic mass is 16.5. The number of fused-ring (bicyclic) bond motifs is 1. The maximum Gasteiger partial charge on any atom is 0.160 e. The Morgan fingerprint density at radius 2 is 1.97 bits per heavy atom. The van der Waals surface area contributed by atoms with E-state index >= 15 is 0 Å². The second-order valence-corrected chi connectivity index (χ2v) is 8.19. The van der Waals surface area contributed by atoms with Gasteiger partial charge >= 0.3 is 0 Å². The van der Waals surface area contributed by atoms with Gasteiger partial charge in [-0.3, -0.25) is 4.98 Å². The fraction of sp³-hybridized carbons (Fsp3) is 0.259. The van der Waals surface area contributed by atoms with Crippen molar-refractivity contribution in [3.63, 3.8) is 0 Å². The topological polar surface area (TPSA) is 73.4 Å². The van der Waals surface area contributed by atoms with Gasteiger partial charge in [0.2, 0.25) is 0 Å². The zero-order chi connectivity index (χ0) is 24.0. The second-order valence-electron chi connectivity index (χ2n) is 8.19. The summed E-state index contributed by atoms with van der Waals surface area (Å²) in [5.41, 5.74) is 4.30. The summed E-state index contributed by atoms with van der Waals surface area (Å²) >= 11 is 0. The Labute approximate surface area is 204 Å². The molecule has 178 valence electrons. The molecule has 5 heterocycles. The number of hydrogen-bond donors (Lipinski definition) is 0. The van der Waals surface area contributed by atoms with Crippen LogP contribution >= 0.6 is 0 Å². The zero-order valence-electron chi connectivity index (χ0n) is 20.1. The van der Waals surface area contributed by atoms with E-state index in [1.54, 1.807) is 10.9 Å². The van der Waals surface area contributed by atoms with Gasteiger partial charge in [-0.05, 0) is 31.5 Å². The molecule has 8 nitrogen and oxygen atoms in total. The lowest BCUT2D eigenvalue weighted by Gasteiger charge is -2.29. The van der Waals surface area contributed by atoms with Gasteiger partial charge in [-0.25, -0.2) is 9.67 Å². The van der Waals surface area contributed by atoms with E-state index in [0.29, 0.717) is 13.2 Å². The lowest BCUT2D eigenvalue weighted by atomic mass is 10.1. The van der Waals surface area contributed by atoms with E-state index in [4.69, 9.17) is 19.9 Å². The molecular weight excluding hydrogens is 438 g/mol. The maximum absolute atomic E-state index is 5.59. The molecule has 0 amide bonds. The average Bonchev–Trinajstić information content (AvgIpc) is 3.57. The molecule has 0 aromatic carbocycles. The Morgan fingerprint density at radius 3 is 2.74 bits per heavy atom. The molecular formula is C27H29N7O. The SMILES string of the molecule is C\C=C/C(=C\C=C\CC)c1cc2nc(-n3ccc(-c4ccccn4)n3)cc(N3CCOCC3)n2n1. The highest BCUT2D eigenvalue weighted by Gasteiger charge is 2.19. The van der Waals surface area contributed by atoms with E-state index in [1.165, 1.54) is 0 Å². The molecule has 0 atom stereocenters. The quantitative estimate of drug-likeness (QED) is 0.366. The Hall–Kier alpha value is -4.04. The first kappa shape index (κ1) is 22.7. The summed E-state index contributed by atoms with van der Waals surface area (Å²) in [6, 6.07) is 11.8. The Kier molecular flexibility index (Phi) is 6.81. The van der Waals surface area contributed by atoms with Crippen LogP contribution in [0.4, 0.5) is 5.82 Å². The minimum absolute atomic E-state index is 0.685.